The van der Waals surface area contributed by atoms with Crippen LogP contribution in [0.15, 0.2) is 55.6 Å². The molecule has 0 heterocycles. The van der Waals surface area contributed by atoms with Crippen molar-refractivity contribution in [1.29, 1.82) is 0 Å². The molecule has 1 aromatic rings. The lowest BCUT2D eigenvalue weighted by atomic mass is 10.2. The molecule has 0 aliphatic heterocycles. The van der Waals surface area contributed by atoms with Crippen molar-refractivity contribution in [3.05, 3.63) is 61.2 Å². The van der Waals surface area contributed by atoms with Gasteiger partial charge in [0.05, 0.1) is 6.61 Å². The Morgan fingerprint density at radius 2 is 1.73 bits per heavy atom. The number of hydrogen-bond donors (Lipinski definition) is 0. The van der Waals surface area contributed by atoms with E-state index in [0.29, 0.717) is 6.61 Å². The van der Waals surface area contributed by atoms with Crippen LogP contribution in [0, 0.1) is 0 Å². The van der Waals surface area contributed by atoms with Gasteiger partial charge in [0.1, 0.15) is 11.7 Å². The molecule has 4 nitrogen and oxygen atoms in total. The third kappa shape index (κ3) is 6.59. The van der Waals surface area contributed by atoms with Crippen LogP contribution in [0.25, 0.3) is 0 Å². The first-order valence-electron chi connectivity index (χ1n) is 7.16. The van der Waals surface area contributed by atoms with E-state index in [1.54, 1.807) is 26.8 Å². The van der Waals surface area contributed by atoms with Gasteiger partial charge in [-0.1, -0.05) is 43.0 Å². The number of rotatable bonds is 7. The normalized spacial score (nSPS) is 13.8. The maximum Gasteiger partial charge on any atom is 0.509 e. The van der Waals surface area contributed by atoms with Crippen molar-refractivity contribution in [3.63, 3.8) is 0 Å². The number of hydrogen-bond acceptors (Lipinski definition) is 4. The molecule has 0 radical (unpaired) electrons. The molecule has 0 aromatic heterocycles. The van der Waals surface area contributed by atoms with E-state index in [4.69, 9.17) is 14.2 Å². The summed E-state index contributed by atoms with van der Waals surface area (Å²) < 4.78 is 16.1. The van der Waals surface area contributed by atoms with Crippen molar-refractivity contribution in [3.8, 4) is 0 Å². The SMILES string of the molecule is C=C[C@@H](OCc1ccccc1)[C@@H](C=C)OC(=O)OC(C)(C)C. The molecule has 0 saturated carbocycles. The van der Waals surface area contributed by atoms with E-state index in [9.17, 15) is 4.79 Å². The number of benzene rings is 1. The minimum Gasteiger partial charge on any atom is -0.429 e. The Kier molecular flexibility index (Phi) is 6.86. The van der Waals surface area contributed by atoms with Crippen molar-refractivity contribution in [1.82, 2.24) is 0 Å². The summed E-state index contributed by atoms with van der Waals surface area (Å²) in [5, 5.41) is 0. The van der Waals surface area contributed by atoms with Gasteiger partial charge < -0.3 is 14.2 Å². The molecule has 0 amide bonds. The number of carbonyl (C=O) groups is 1. The molecular formula is C18H24O4. The van der Waals surface area contributed by atoms with Crippen LogP contribution in [-0.2, 0) is 20.8 Å². The van der Waals surface area contributed by atoms with Crippen LogP contribution in [0.4, 0.5) is 4.79 Å². The second kappa shape index (κ2) is 8.39. The van der Waals surface area contributed by atoms with Crippen LogP contribution in [0.1, 0.15) is 26.3 Å². The molecule has 0 fully saturated rings. The maximum atomic E-state index is 11.7. The van der Waals surface area contributed by atoms with Crippen molar-refractivity contribution in [2.45, 2.75) is 45.2 Å². The molecule has 0 spiro atoms. The van der Waals surface area contributed by atoms with E-state index in [-0.39, 0.29) is 0 Å². The fourth-order valence-electron chi connectivity index (χ4n) is 1.70. The Bertz CT molecular complexity index is 488. The minimum absolute atomic E-state index is 0.388. The van der Waals surface area contributed by atoms with E-state index in [1.807, 2.05) is 30.3 Å². The first-order chi connectivity index (χ1) is 10.4. The smallest absolute Gasteiger partial charge is 0.429 e. The lowest BCUT2D eigenvalue weighted by Crippen LogP contribution is -2.33. The molecule has 0 N–H and O–H groups in total. The Hall–Kier alpha value is -2.07. The predicted octanol–water partition coefficient (Wildman–Crippen LogP) is 4.26. The monoisotopic (exact) mass is 304 g/mol. The van der Waals surface area contributed by atoms with Crippen LogP contribution in [0.5, 0.6) is 0 Å². The molecule has 0 saturated heterocycles. The lowest BCUT2D eigenvalue weighted by molar-refractivity contribution is -0.0549. The van der Waals surface area contributed by atoms with Gasteiger partial charge >= 0.3 is 6.16 Å². The predicted molar refractivity (Wildman–Crippen MR) is 86.5 cm³/mol. The van der Waals surface area contributed by atoms with Gasteiger partial charge in [-0.3, -0.25) is 0 Å². The molecule has 1 aromatic carbocycles. The van der Waals surface area contributed by atoms with Crippen LogP contribution in [-0.4, -0.2) is 24.0 Å². The zero-order chi connectivity index (χ0) is 16.6. The van der Waals surface area contributed by atoms with Crippen LogP contribution < -0.4 is 0 Å². The Morgan fingerprint density at radius 3 is 2.23 bits per heavy atom. The van der Waals surface area contributed by atoms with Crippen molar-refractivity contribution in [2.75, 3.05) is 0 Å². The highest BCUT2D eigenvalue weighted by atomic mass is 16.7. The largest absolute Gasteiger partial charge is 0.509 e. The van der Waals surface area contributed by atoms with Crippen molar-refractivity contribution < 1.29 is 19.0 Å². The zero-order valence-corrected chi connectivity index (χ0v) is 13.5. The molecule has 120 valence electrons. The summed E-state index contributed by atoms with van der Waals surface area (Å²) in [5.41, 5.74) is 0.409. The van der Waals surface area contributed by atoms with E-state index < -0.39 is 24.0 Å². The summed E-state index contributed by atoms with van der Waals surface area (Å²) in [5.74, 6) is 0. The molecule has 2 atom stereocenters. The van der Waals surface area contributed by atoms with Gasteiger partial charge in [0, 0.05) is 0 Å². The molecule has 0 aliphatic rings. The van der Waals surface area contributed by atoms with Gasteiger partial charge in [-0.15, -0.1) is 6.58 Å². The van der Waals surface area contributed by atoms with E-state index >= 15 is 0 Å². The lowest BCUT2D eigenvalue weighted by Gasteiger charge is -2.25. The summed E-state index contributed by atoms with van der Waals surface area (Å²) in [6.45, 7) is 13.1. The topological polar surface area (TPSA) is 44.8 Å². The standard InChI is InChI=1S/C18H24O4/c1-6-15(20-13-14-11-9-8-10-12-14)16(7-2)21-17(19)22-18(3,4)5/h6-12,15-16H,1-2,13H2,3-5H3/t15-,16-/m1/s1. The van der Waals surface area contributed by atoms with E-state index in [2.05, 4.69) is 13.2 Å². The molecule has 4 heteroatoms. The van der Waals surface area contributed by atoms with Gasteiger partial charge in [0.25, 0.3) is 0 Å². The molecule has 22 heavy (non-hydrogen) atoms. The van der Waals surface area contributed by atoms with Crippen LogP contribution in [0.2, 0.25) is 0 Å². The molecule has 0 bridgehead atoms. The summed E-state index contributed by atoms with van der Waals surface area (Å²) in [6, 6.07) is 9.72. The number of carbonyl (C=O) groups excluding carboxylic acids is 1. The second-order valence-corrected chi connectivity index (χ2v) is 5.78. The summed E-state index contributed by atoms with van der Waals surface area (Å²) >= 11 is 0. The fraction of sp³-hybridized carbons (Fsp3) is 0.389. The summed E-state index contributed by atoms with van der Waals surface area (Å²) in [7, 11) is 0. The van der Waals surface area contributed by atoms with Crippen LogP contribution in [0.3, 0.4) is 0 Å². The third-order valence-electron chi connectivity index (χ3n) is 2.70. The maximum absolute atomic E-state index is 11.7. The Morgan fingerprint density at radius 1 is 1.14 bits per heavy atom. The first kappa shape index (κ1) is 18.0. The number of ether oxygens (including phenoxy) is 3. The fourth-order valence-corrected chi connectivity index (χ4v) is 1.70. The average molecular weight is 304 g/mol. The van der Waals surface area contributed by atoms with Gasteiger partial charge in [0.2, 0.25) is 0 Å². The third-order valence-corrected chi connectivity index (χ3v) is 2.70. The van der Waals surface area contributed by atoms with E-state index in [0.717, 1.165) is 5.56 Å². The molecule has 1 rings (SSSR count). The van der Waals surface area contributed by atoms with Crippen molar-refractivity contribution in [2.24, 2.45) is 0 Å². The summed E-state index contributed by atoms with van der Waals surface area (Å²) in [4.78, 5) is 11.7. The highest BCUT2D eigenvalue weighted by Crippen LogP contribution is 2.14. The quantitative estimate of drug-likeness (QED) is 0.557. The Balaban J connectivity index is 2.59. The Labute approximate surface area is 132 Å². The second-order valence-electron chi connectivity index (χ2n) is 5.78. The van der Waals surface area contributed by atoms with Gasteiger partial charge in [0.15, 0.2) is 6.10 Å². The minimum atomic E-state index is -0.757. The molecule has 0 aliphatic carbocycles. The van der Waals surface area contributed by atoms with Crippen LogP contribution >= 0.6 is 0 Å². The van der Waals surface area contributed by atoms with Gasteiger partial charge in [-0.05, 0) is 32.4 Å². The highest BCUT2D eigenvalue weighted by molar-refractivity contribution is 5.61. The summed E-state index contributed by atoms with van der Waals surface area (Å²) in [6.07, 6.45) is 1.18. The van der Waals surface area contributed by atoms with Gasteiger partial charge in [-0.25, -0.2) is 4.79 Å². The molecular weight excluding hydrogens is 280 g/mol. The van der Waals surface area contributed by atoms with Crippen molar-refractivity contribution >= 4 is 6.16 Å². The molecule has 0 unspecified atom stereocenters. The average Bonchev–Trinajstić information content (AvgIpc) is 2.45. The zero-order valence-electron chi connectivity index (χ0n) is 13.5. The van der Waals surface area contributed by atoms with E-state index in [1.165, 1.54) is 6.08 Å². The first-order valence-corrected chi connectivity index (χ1v) is 7.16. The highest BCUT2D eigenvalue weighted by Gasteiger charge is 2.24. The van der Waals surface area contributed by atoms with Gasteiger partial charge in [-0.2, -0.15) is 0 Å².